The number of carboxylic acid groups (broad SMARTS) is 1. The molecule has 1 unspecified atom stereocenters. The minimum Gasteiger partial charge on any atom is -0.480 e. The van der Waals surface area contributed by atoms with Crippen LogP contribution in [0.2, 0.25) is 0 Å². The van der Waals surface area contributed by atoms with Crippen molar-refractivity contribution in [3.63, 3.8) is 0 Å². The molecule has 3 nitrogen and oxygen atoms in total. The highest BCUT2D eigenvalue weighted by atomic mass is 16.4. The summed E-state index contributed by atoms with van der Waals surface area (Å²) >= 11 is 0. The largest absolute Gasteiger partial charge is 0.480 e. The first kappa shape index (κ1) is 13.2. The zero-order valence-electron chi connectivity index (χ0n) is 9.07. The standard InChI is InChI=1S/C11H21NO2/c1-3-4-5-6-7-8-9(2)10(12)11(13)14/h7-10H,3-6,12H2,1-2H3,(H,13,14)/b8-7-/t9?,10-/m1/s1. The fourth-order valence-electron chi connectivity index (χ4n) is 1.17. The lowest BCUT2D eigenvalue weighted by molar-refractivity contribution is -0.139. The summed E-state index contributed by atoms with van der Waals surface area (Å²) in [5.41, 5.74) is 5.45. The summed E-state index contributed by atoms with van der Waals surface area (Å²) in [6.45, 7) is 3.99. The first-order valence-corrected chi connectivity index (χ1v) is 5.24. The van der Waals surface area contributed by atoms with Crippen molar-refractivity contribution in [1.29, 1.82) is 0 Å². The highest BCUT2D eigenvalue weighted by molar-refractivity contribution is 5.73. The highest BCUT2D eigenvalue weighted by Crippen LogP contribution is 2.06. The van der Waals surface area contributed by atoms with Gasteiger partial charge in [0.15, 0.2) is 0 Å². The van der Waals surface area contributed by atoms with Crippen LogP contribution in [0.25, 0.3) is 0 Å². The van der Waals surface area contributed by atoms with E-state index in [0.29, 0.717) is 0 Å². The Morgan fingerprint density at radius 1 is 1.50 bits per heavy atom. The number of aliphatic carboxylic acids is 1. The SMILES string of the molecule is CCCCC/C=C\C(C)[C@@H](N)C(=O)O. The van der Waals surface area contributed by atoms with E-state index in [1.165, 1.54) is 19.3 Å². The number of carbonyl (C=O) groups is 1. The summed E-state index contributed by atoms with van der Waals surface area (Å²) < 4.78 is 0. The lowest BCUT2D eigenvalue weighted by Crippen LogP contribution is -2.35. The lowest BCUT2D eigenvalue weighted by atomic mass is 10.0. The monoisotopic (exact) mass is 199 g/mol. The van der Waals surface area contributed by atoms with Crippen molar-refractivity contribution in [2.45, 2.75) is 45.6 Å². The maximum atomic E-state index is 10.5. The first-order valence-electron chi connectivity index (χ1n) is 5.24. The van der Waals surface area contributed by atoms with Gasteiger partial charge in [0.1, 0.15) is 6.04 Å². The predicted molar refractivity (Wildman–Crippen MR) is 58.1 cm³/mol. The van der Waals surface area contributed by atoms with E-state index in [-0.39, 0.29) is 5.92 Å². The summed E-state index contributed by atoms with van der Waals surface area (Å²) in [7, 11) is 0. The minimum atomic E-state index is -0.935. The highest BCUT2D eigenvalue weighted by Gasteiger charge is 2.16. The summed E-state index contributed by atoms with van der Waals surface area (Å²) in [6, 6.07) is -0.780. The molecule has 0 heterocycles. The molecule has 0 fully saturated rings. The smallest absolute Gasteiger partial charge is 0.321 e. The van der Waals surface area contributed by atoms with Crippen molar-refractivity contribution < 1.29 is 9.90 Å². The summed E-state index contributed by atoms with van der Waals surface area (Å²) in [5, 5.41) is 8.63. The Morgan fingerprint density at radius 3 is 2.64 bits per heavy atom. The van der Waals surface area contributed by atoms with E-state index >= 15 is 0 Å². The molecule has 0 aliphatic carbocycles. The van der Waals surface area contributed by atoms with Crippen LogP contribution >= 0.6 is 0 Å². The Bertz CT molecular complexity index is 190. The van der Waals surface area contributed by atoms with E-state index in [0.717, 1.165) is 6.42 Å². The molecular weight excluding hydrogens is 178 g/mol. The third-order valence-corrected chi connectivity index (χ3v) is 2.27. The number of hydrogen-bond acceptors (Lipinski definition) is 2. The molecule has 0 radical (unpaired) electrons. The lowest BCUT2D eigenvalue weighted by Gasteiger charge is -2.10. The van der Waals surface area contributed by atoms with Gasteiger partial charge in [0.2, 0.25) is 0 Å². The molecule has 0 amide bonds. The van der Waals surface area contributed by atoms with Crippen LogP contribution in [0, 0.1) is 5.92 Å². The first-order chi connectivity index (χ1) is 6.59. The van der Waals surface area contributed by atoms with Gasteiger partial charge in [0.05, 0.1) is 0 Å². The predicted octanol–water partition coefficient (Wildman–Crippen LogP) is 2.17. The molecular formula is C11H21NO2. The number of unbranched alkanes of at least 4 members (excludes halogenated alkanes) is 3. The van der Waals surface area contributed by atoms with Crippen LogP contribution in [0.15, 0.2) is 12.2 Å². The van der Waals surface area contributed by atoms with Crippen molar-refractivity contribution in [2.75, 3.05) is 0 Å². The Balaban J connectivity index is 3.70. The van der Waals surface area contributed by atoms with E-state index in [2.05, 4.69) is 6.92 Å². The van der Waals surface area contributed by atoms with E-state index in [1.807, 2.05) is 19.1 Å². The molecule has 3 heteroatoms. The number of allylic oxidation sites excluding steroid dienone is 1. The third kappa shape index (κ3) is 5.75. The molecule has 0 aromatic rings. The normalized spacial score (nSPS) is 15.6. The topological polar surface area (TPSA) is 63.3 Å². The van der Waals surface area contributed by atoms with Gasteiger partial charge >= 0.3 is 5.97 Å². The third-order valence-electron chi connectivity index (χ3n) is 2.27. The Hall–Kier alpha value is -0.830. The molecule has 82 valence electrons. The van der Waals surface area contributed by atoms with Gasteiger partial charge in [0.25, 0.3) is 0 Å². The summed E-state index contributed by atoms with van der Waals surface area (Å²) in [5.74, 6) is -1.02. The van der Waals surface area contributed by atoms with Gasteiger partial charge < -0.3 is 10.8 Å². The molecule has 0 aromatic heterocycles. The van der Waals surface area contributed by atoms with Crippen molar-refractivity contribution in [2.24, 2.45) is 11.7 Å². The number of rotatable bonds is 7. The number of nitrogens with two attached hydrogens (primary N) is 1. The molecule has 0 aliphatic rings. The van der Waals surface area contributed by atoms with Gasteiger partial charge in [-0.2, -0.15) is 0 Å². The fraction of sp³-hybridized carbons (Fsp3) is 0.727. The van der Waals surface area contributed by atoms with Gasteiger partial charge in [-0.1, -0.05) is 38.8 Å². The zero-order valence-corrected chi connectivity index (χ0v) is 9.07. The average molecular weight is 199 g/mol. The van der Waals surface area contributed by atoms with E-state index in [4.69, 9.17) is 10.8 Å². The summed E-state index contributed by atoms with van der Waals surface area (Å²) in [6.07, 6.45) is 8.55. The van der Waals surface area contributed by atoms with Crippen molar-refractivity contribution >= 4 is 5.97 Å². The fourth-order valence-corrected chi connectivity index (χ4v) is 1.17. The van der Waals surface area contributed by atoms with Crippen molar-refractivity contribution in [3.8, 4) is 0 Å². The van der Waals surface area contributed by atoms with Gasteiger partial charge in [-0.05, 0) is 18.8 Å². The minimum absolute atomic E-state index is 0.0888. The van der Waals surface area contributed by atoms with Crippen LogP contribution in [0.3, 0.4) is 0 Å². The molecule has 0 rings (SSSR count). The van der Waals surface area contributed by atoms with Crippen molar-refractivity contribution in [3.05, 3.63) is 12.2 Å². The quantitative estimate of drug-likeness (QED) is 0.488. The molecule has 0 spiro atoms. The van der Waals surface area contributed by atoms with E-state index in [9.17, 15) is 4.79 Å². The van der Waals surface area contributed by atoms with Crippen molar-refractivity contribution in [1.82, 2.24) is 0 Å². The second kappa shape index (κ2) is 7.56. The molecule has 3 N–H and O–H groups in total. The van der Waals surface area contributed by atoms with Crippen LogP contribution < -0.4 is 5.73 Å². The molecule has 2 atom stereocenters. The Labute approximate surface area is 86.0 Å². The van der Waals surface area contributed by atoms with Crippen LogP contribution in [-0.4, -0.2) is 17.1 Å². The van der Waals surface area contributed by atoms with Crippen LogP contribution in [0.4, 0.5) is 0 Å². The van der Waals surface area contributed by atoms with E-state index < -0.39 is 12.0 Å². The maximum Gasteiger partial charge on any atom is 0.321 e. The number of carboxylic acids is 1. The maximum absolute atomic E-state index is 10.5. The summed E-state index contributed by atoms with van der Waals surface area (Å²) in [4.78, 5) is 10.5. The number of hydrogen-bond donors (Lipinski definition) is 2. The second-order valence-corrected chi connectivity index (χ2v) is 3.65. The zero-order chi connectivity index (χ0) is 11.0. The van der Waals surface area contributed by atoms with Gasteiger partial charge in [-0.3, -0.25) is 4.79 Å². The van der Waals surface area contributed by atoms with Crippen LogP contribution in [-0.2, 0) is 4.79 Å². The Kier molecular flexibility index (Phi) is 7.11. The van der Waals surface area contributed by atoms with Gasteiger partial charge in [0, 0.05) is 0 Å². The molecule has 0 bridgehead atoms. The average Bonchev–Trinajstić information content (AvgIpc) is 2.16. The molecule has 14 heavy (non-hydrogen) atoms. The molecule has 0 aromatic carbocycles. The second-order valence-electron chi connectivity index (χ2n) is 3.65. The van der Waals surface area contributed by atoms with Crippen LogP contribution in [0.5, 0.6) is 0 Å². The van der Waals surface area contributed by atoms with Gasteiger partial charge in [-0.15, -0.1) is 0 Å². The molecule has 0 saturated heterocycles. The molecule has 0 aliphatic heterocycles. The van der Waals surface area contributed by atoms with Gasteiger partial charge in [-0.25, -0.2) is 0 Å². The van der Waals surface area contributed by atoms with Crippen LogP contribution in [0.1, 0.15) is 39.5 Å². The van der Waals surface area contributed by atoms with E-state index in [1.54, 1.807) is 0 Å². The molecule has 0 saturated carbocycles. The Morgan fingerprint density at radius 2 is 2.14 bits per heavy atom.